The highest BCUT2D eigenvalue weighted by Crippen LogP contribution is 2.07. The molecule has 0 amide bonds. The van der Waals surface area contributed by atoms with E-state index in [1.165, 1.54) is 19.4 Å². The van der Waals surface area contributed by atoms with Crippen LogP contribution in [0, 0.1) is 0 Å². The third-order valence-corrected chi connectivity index (χ3v) is 1.79. The molecule has 2 aromatic rings. The molecule has 0 bridgehead atoms. The first-order valence-electron chi connectivity index (χ1n) is 3.87. The van der Waals surface area contributed by atoms with E-state index in [4.69, 9.17) is 0 Å². The van der Waals surface area contributed by atoms with E-state index in [9.17, 15) is 9.59 Å². The Labute approximate surface area is 77.9 Å². The first kappa shape index (κ1) is 8.49. The van der Waals surface area contributed by atoms with Gasteiger partial charge in [0.05, 0.1) is 18.2 Å². The van der Waals surface area contributed by atoms with E-state index < -0.39 is 5.97 Å². The topological polar surface area (TPSA) is 87.8 Å². The van der Waals surface area contributed by atoms with Crippen LogP contribution in [0.2, 0.25) is 0 Å². The van der Waals surface area contributed by atoms with Crippen LogP contribution in [0.15, 0.2) is 17.1 Å². The summed E-state index contributed by atoms with van der Waals surface area (Å²) in [6, 6.07) is 1.51. The maximum Gasteiger partial charge on any atom is 0.339 e. The van der Waals surface area contributed by atoms with Crippen molar-refractivity contribution in [1.82, 2.24) is 15.0 Å². The lowest BCUT2D eigenvalue weighted by Crippen LogP contribution is -2.01. The number of carbonyl (C=O) groups excluding carboxylic acids is 1. The summed E-state index contributed by atoms with van der Waals surface area (Å²) in [5.74, 6) is -0.485. The van der Waals surface area contributed by atoms with Crippen molar-refractivity contribution in [3.63, 3.8) is 0 Å². The highest BCUT2D eigenvalue weighted by atomic mass is 16.5. The van der Waals surface area contributed by atoms with Gasteiger partial charge >= 0.3 is 11.7 Å². The predicted molar refractivity (Wildman–Crippen MR) is 48.1 cm³/mol. The third-order valence-electron chi connectivity index (χ3n) is 1.79. The van der Waals surface area contributed by atoms with E-state index in [1.807, 2.05) is 0 Å². The fraction of sp³-hybridized carbons (Fsp3) is 0.125. The summed E-state index contributed by atoms with van der Waals surface area (Å²) < 4.78 is 4.51. The van der Waals surface area contributed by atoms with Crippen LogP contribution in [0.4, 0.5) is 0 Å². The van der Waals surface area contributed by atoms with Crippen molar-refractivity contribution < 1.29 is 9.53 Å². The second-order valence-electron chi connectivity index (χ2n) is 2.69. The second-order valence-corrected chi connectivity index (χ2v) is 2.69. The van der Waals surface area contributed by atoms with Crippen LogP contribution in [0.5, 0.6) is 0 Å². The molecule has 72 valence electrons. The minimum absolute atomic E-state index is 0.301. The fourth-order valence-electron chi connectivity index (χ4n) is 1.15. The quantitative estimate of drug-likeness (QED) is 0.626. The summed E-state index contributed by atoms with van der Waals surface area (Å²) >= 11 is 0. The van der Waals surface area contributed by atoms with Gasteiger partial charge in [0.25, 0.3) is 0 Å². The van der Waals surface area contributed by atoms with E-state index in [-0.39, 0.29) is 5.69 Å². The van der Waals surface area contributed by atoms with Gasteiger partial charge in [-0.05, 0) is 6.07 Å². The molecular weight excluding hydrogens is 186 g/mol. The van der Waals surface area contributed by atoms with Crippen LogP contribution in [0.25, 0.3) is 11.2 Å². The zero-order valence-electron chi connectivity index (χ0n) is 7.33. The molecule has 2 aromatic heterocycles. The maximum atomic E-state index is 11.1. The second kappa shape index (κ2) is 2.99. The van der Waals surface area contributed by atoms with Crippen molar-refractivity contribution in [3.05, 3.63) is 28.3 Å². The average Bonchev–Trinajstić information content (AvgIpc) is 2.55. The van der Waals surface area contributed by atoms with E-state index in [0.717, 1.165) is 0 Å². The van der Waals surface area contributed by atoms with Crippen molar-refractivity contribution in [1.29, 1.82) is 0 Å². The number of nitrogens with zero attached hydrogens (tertiary/aromatic N) is 1. The SMILES string of the molecule is COC(=O)c1cnc2[nH]c(=O)[nH]c2c1. The molecule has 0 atom stereocenters. The Morgan fingerprint density at radius 3 is 3.00 bits per heavy atom. The minimum atomic E-state index is -0.485. The number of ether oxygens (including phenoxy) is 1. The number of nitrogens with one attached hydrogen (secondary N) is 2. The molecule has 0 radical (unpaired) electrons. The molecular formula is C8H7N3O3. The molecule has 14 heavy (non-hydrogen) atoms. The van der Waals surface area contributed by atoms with E-state index >= 15 is 0 Å². The fourth-order valence-corrected chi connectivity index (χ4v) is 1.15. The lowest BCUT2D eigenvalue weighted by molar-refractivity contribution is 0.0600. The van der Waals surface area contributed by atoms with Crippen LogP contribution in [0.1, 0.15) is 10.4 Å². The zero-order chi connectivity index (χ0) is 10.1. The summed E-state index contributed by atoms with van der Waals surface area (Å²) in [4.78, 5) is 30.8. The Hall–Kier alpha value is -2.11. The normalized spacial score (nSPS) is 10.4. The Balaban J connectivity index is 2.61. The molecule has 6 nitrogen and oxygen atoms in total. The number of methoxy groups -OCH3 is 1. The van der Waals surface area contributed by atoms with Gasteiger partial charge < -0.3 is 9.72 Å². The summed E-state index contributed by atoms with van der Waals surface area (Å²) in [5, 5.41) is 0. The van der Waals surface area contributed by atoms with Gasteiger partial charge in [0.1, 0.15) is 0 Å². The number of hydrogen-bond acceptors (Lipinski definition) is 4. The van der Waals surface area contributed by atoms with Gasteiger partial charge in [-0.1, -0.05) is 0 Å². The maximum absolute atomic E-state index is 11.1. The molecule has 0 saturated heterocycles. The molecule has 2 heterocycles. The number of aromatic nitrogens is 3. The molecule has 0 spiro atoms. The molecule has 0 aliphatic rings. The largest absolute Gasteiger partial charge is 0.465 e. The van der Waals surface area contributed by atoms with Crippen LogP contribution in [-0.4, -0.2) is 28.0 Å². The number of rotatable bonds is 1. The Morgan fingerprint density at radius 2 is 2.29 bits per heavy atom. The van der Waals surface area contributed by atoms with Gasteiger partial charge in [-0.3, -0.25) is 4.98 Å². The smallest absolute Gasteiger partial charge is 0.339 e. The van der Waals surface area contributed by atoms with Crippen LogP contribution in [-0.2, 0) is 4.74 Å². The summed E-state index contributed by atoms with van der Waals surface area (Å²) in [6.45, 7) is 0. The number of esters is 1. The molecule has 0 unspecified atom stereocenters. The molecule has 6 heteroatoms. The van der Waals surface area contributed by atoms with Crippen molar-refractivity contribution in [2.75, 3.05) is 7.11 Å². The van der Waals surface area contributed by atoms with Crippen molar-refractivity contribution in [3.8, 4) is 0 Å². The molecule has 2 rings (SSSR count). The zero-order valence-corrected chi connectivity index (χ0v) is 7.33. The summed E-state index contributed by atoms with van der Waals surface area (Å²) in [7, 11) is 1.28. The molecule has 0 aliphatic heterocycles. The highest BCUT2D eigenvalue weighted by molar-refractivity contribution is 5.92. The van der Waals surface area contributed by atoms with Gasteiger partial charge in [-0.2, -0.15) is 0 Å². The minimum Gasteiger partial charge on any atom is -0.465 e. The Bertz CT molecular complexity index is 540. The molecule has 2 N–H and O–H groups in total. The van der Waals surface area contributed by atoms with Crippen LogP contribution < -0.4 is 5.69 Å². The first-order chi connectivity index (χ1) is 6.70. The van der Waals surface area contributed by atoms with Crippen molar-refractivity contribution in [2.24, 2.45) is 0 Å². The van der Waals surface area contributed by atoms with Crippen LogP contribution in [0.3, 0.4) is 0 Å². The number of imidazole rings is 1. The first-order valence-corrected chi connectivity index (χ1v) is 3.87. The number of pyridine rings is 1. The Morgan fingerprint density at radius 1 is 1.50 bits per heavy atom. The van der Waals surface area contributed by atoms with E-state index in [1.54, 1.807) is 0 Å². The number of carbonyl (C=O) groups is 1. The van der Waals surface area contributed by atoms with Gasteiger partial charge in [-0.15, -0.1) is 0 Å². The highest BCUT2D eigenvalue weighted by Gasteiger charge is 2.07. The summed E-state index contributed by atoms with van der Waals surface area (Å²) in [5.41, 5.74) is 0.852. The molecule has 0 fully saturated rings. The van der Waals surface area contributed by atoms with Gasteiger partial charge in [-0.25, -0.2) is 14.6 Å². The number of aromatic amines is 2. The van der Waals surface area contributed by atoms with Gasteiger partial charge in [0, 0.05) is 6.20 Å². The average molecular weight is 193 g/mol. The summed E-state index contributed by atoms with van der Waals surface area (Å²) in [6.07, 6.45) is 1.35. The monoisotopic (exact) mass is 193 g/mol. The molecule has 0 saturated carbocycles. The third kappa shape index (κ3) is 1.26. The molecule has 0 aliphatic carbocycles. The van der Waals surface area contributed by atoms with Crippen LogP contribution >= 0.6 is 0 Å². The van der Waals surface area contributed by atoms with Crippen molar-refractivity contribution in [2.45, 2.75) is 0 Å². The lowest BCUT2D eigenvalue weighted by Gasteiger charge is -1.96. The number of hydrogen-bond donors (Lipinski definition) is 2. The lowest BCUT2D eigenvalue weighted by atomic mass is 10.3. The Kier molecular flexibility index (Phi) is 1.81. The standard InChI is InChI=1S/C8H7N3O3/c1-14-7(12)4-2-5-6(9-3-4)11-8(13)10-5/h2-3H,1H3,(H2,9,10,11,13). The number of fused-ring (bicyclic) bond motifs is 1. The van der Waals surface area contributed by atoms with Gasteiger partial charge in [0.15, 0.2) is 5.65 Å². The molecule has 0 aromatic carbocycles. The predicted octanol–water partition coefficient (Wildman–Crippen LogP) is 0.0378. The van der Waals surface area contributed by atoms with E-state index in [0.29, 0.717) is 16.7 Å². The number of H-pyrrole nitrogens is 2. The van der Waals surface area contributed by atoms with E-state index in [2.05, 4.69) is 19.7 Å². The van der Waals surface area contributed by atoms with Crippen molar-refractivity contribution >= 4 is 17.1 Å². The van der Waals surface area contributed by atoms with Gasteiger partial charge in [0.2, 0.25) is 0 Å².